The lowest BCUT2D eigenvalue weighted by molar-refractivity contribution is 0.0343. The first-order valence-corrected chi connectivity index (χ1v) is 7.70. The van der Waals surface area contributed by atoms with E-state index in [2.05, 4.69) is 45.7 Å². The van der Waals surface area contributed by atoms with Gasteiger partial charge in [-0.1, -0.05) is 6.07 Å². The number of ether oxygens (including phenoxy) is 1. The van der Waals surface area contributed by atoms with Crippen LogP contribution in [0.4, 0.5) is 0 Å². The van der Waals surface area contributed by atoms with Crippen LogP contribution in [-0.2, 0) is 11.3 Å². The molecule has 1 saturated heterocycles. The predicted octanol–water partition coefficient (Wildman–Crippen LogP) is 1.45. The minimum atomic E-state index is 0.455. The minimum absolute atomic E-state index is 0.455. The molecule has 5 nitrogen and oxygen atoms in total. The van der Waals surface area contributed by atoms with Gasteiger partial charge in [-0.25, -0.2) is 4.98 Å². The standard InChI is InChI=1S/C16H24N4O/c1-13(12-19-7-9-21-10-8-19)17-11-15-14(2)18-16-5-3-4-6-20(15)16/h3-6,13,17H,7-12H2,1-2H3. The molecule has 1 aliphatic rings. The summed E-state index contributed by atoms with van der Waals surface area (Å²) in [5.41, 5.74) is 3.37. The zero-order valence-corrected chi connectivity index (χ0v) is 12.9. The smallest absolute Gasteiger partial charge is 0.137 e. The Hall–Kier alpha value is -1.43. The van der Waals surface area contributed by atoms with E-state index in [1.807, 2.05) is 12.1 Å². The van der Waals surface area contributed by atoms with Crippen molar-refractivity contribution in [1.82, 2.24) is 19.6 Å². The summed E-state index contributed by atoms with van der Waals surface area (Å²) < 4.78 is 7.56. The maximum Gasteiger partial charge on any atom is 0.137 e. The van der Waals surface area contributed by atoms with Gasteiger partial charge in [0.15, 0.2) is 0 Å². The first-order chi connectivity index (χ1) is 10.2. The first kappa shape index (κ1) is 14.5. The van der Waals surface area contributed by atoms with E-state index in [0.29, 0.717) is 6.04 Å². The van der Waals surface area contributed by atoms with Gasteiger partial charge in [-0.05, 0) is 26.0 Å². The van der Waals surface area contributed by atoms with Crippen molar-refractivity contribution in [1.29, 1.82) is 0 Å². The molecule has 0 bridgehead atoms. The van der Waals surface area contributed by atoms with E-state index in [0.717, 1.165) is 50.7 Å². The Morgan fingerprint density at radius 2 is 2.14 bits per heavy atom. The molecule has 1 fully saturated rings. The number of hydrogen-bond donors (Lipinski definition) is 1. The molecule has 21 heavy (non-hydrogen) atoms. The second-order valence-corrected chi connectivity index (χ2v) is 5.77. The molecule has 0 aliphatic carbocycles. The van der Waals surface area contributed by atoms with Gasteiger partial charge in [-0.15, -0.1) is 0 Å². The number of nitrogens with zero attached hydrogens (tertiary/aromatic N) is 3. The maximum absolute atomic E-state index is 5.39. The molecule has 1 unspecified atom stereocenters. The van der Waals surface area contributed by atoms with Gasteiger partial charge in [-0.3, -0.25) is 4.90 Å². The average Bonchev–Trinajstić information content (AvgIpc) is 2.81. The monoisotopic (exact) mass is 288 g/mol. The third-order valence-electron chi connectivity index (χ3n) is 4.08. The molecule has 0 saturated carbocycles. The van der Waals surface area contributed by atoms with E-state index in [1.54, 1.807) is 0 Å². The molecule has 1 aliphatic heterocycles. The summed E-state index contributed by atoms with van der Waals surface area (Å²) >= 11 is 0. The topological polar surface area (TPSA) is 41.8 Å². The number of morpholine rings is 1. The number of fused-ring (bicyclic) bond motifs is 1. The van der Waals surface area contributed by atoms with Crippen molar-refractivity contribution < 1.29 is 4.74 Å². The number of nitrogens with one attached hydrogen (secondary N) is 1. The molecule has 3 heterocycles. The molecular formula is C16H24N4O. The summed E-state index contributed by atoms with van der Waals surface area (Å²) in [7, 11) is 0. The van der Waals surface area contributed by atoms with E-state index in [4.69, 9.17) is 4.74 Å². The van der Waals surface area contributed by atoms with E-state index in [1.165, 1.54) is 5.69 Å². The van der Waals surface area contributed by atoms with Gasteiger partial charge >= 0.3 is 0 Å². The second kappa shape index (κ2) is 6.56. The van der Waals surface area contributed by atoms with Crippen molar-refractivity contribution in [3.63, 3.8) is 0 Å². The number of imidazole rings is 1. The summed E-state index contributed by atoms with van der Waals surface area (Å²) in [5.74, 6) is 0. The molecule has 3 rings (SSSR count). The van der Waals surface area contributed by atoms with Crippen molar-refractivity contribution in [2.24, 2.45) is 0 Å². The van der Waals surface area contributed by atoms with Gasteiger partial charge in [0, 0.05) is 38.4 Å². The number of aromatic nitrogens is 2. The molecular weight excluding hydrogens is 264 g/mol. The van der Waals surface area contributed by atoms with Crippen molar-refractivity contribution in [2.45, 2.75) is 26.4 Å². The normalized spacial score (nSPS) is 18.2. The lowest BCUT2D eigenvalue weighted by Crippen LogP contribution is -2.44. The Kier molecular flexibility index (Phi) is 4.53. The molecule has 1 atom stereocenters. The SMILES string of the molecule is Cc1nc2ccccn2c1CNC(C)CN1CCOCC1. The van der Waals surface area contributed by atoms with Gasteiger partial charge in [0.25, 0.3) is 0 Å². The Balaban J connectivity index is 1.59. The van der Waals surface area contributed by atoms with E-state index < -0.39 is 0 Å². The Labute approximate surface area is 125 Å². The van der Waals surface area contributed by atoms with Crippen LogP contribution in [0.3, 0.4) is 0 Å². The summed E-state index contributed by atoms with van der Waals surface area (Å²) in [6.07, 6.45) is 2.08. The van der Waals surface area contributed by atoms with Gasteiger partial charge in [0.2, 0.25) is 0 Å². The fraction of sp³-hybridized carbons (Fsp3) is 0.562. The van der Waals surface area contributed by atoms with Crippen molar-refractivity contribution in [3.8, 4) is 0 Å². The highest BCUT2D eigenvalue weighted by atomic mass is 16.5. The van der Waals surface area contributed by atoms with Crippen LogP contribution in [0.25, 0.3) is 5.65 Å². The zero-order valence-electron chi connectivity index (χ0n) is 12.9. The second-order valence-electron chi connectivity index (χ2n) is 5.77. The molecule has 0 spiro atoms. The van der Waals surface area contributed by atoms with Crippen LogP contribution in [0.5, 0.6) is 0 Å². The highest BCUT2D eigenvalue weighted by Gasteiger charge is 2.14. The maximum atomic E-state index is 5.39. The lowest BCUT2D eigenvalue weighted by Gasteiger charge is -2.29. The van der Waals surface area contributed by atoms with Crippen LogP contribution in [-0.4, -0.2) is 53.2 Å². The molecule has 2 aromatic heterocycles. The van der Waals surface area contributed by atoms with Gasteiger partial charge < -0.3 is 14.5 Å². The van der Waals surface area contributed by atoms with E-state index >= 15 is 0 Å². The largest absolute Gasteiger partial charge is 0.379 e. The number of pyridine rings is 1. The van der Waals surface area contributed by atoms with Crippen LogP contribution in [0.15, 0.2) is 24.4 Å². The van der Waals surface area contributed by atoms with Gasteiger partial charge in [-0.2, -0.15) is 0 Å². The average molecular weight is 288 g/mol. The van der Waals surface area contributed by atoms with Crippen molar-refractivity contribution in [2.75, 3.05) is 32.8 Å². The molecule has 0 aromatic carbocycles. The third kappa shape index (κ3) is 3.43. The summed E-state index contributed by atoms with van der Waals surface area (Å²) in [6.45, 7) is 10.0. The summed E-state index contributed by atoms with van der Waals surface area (Å²) in [5, 5.41) is 3.62. The molecule has 0 amide bonds. The third-order valence-corrected chi connectivity index (χ3v) is 4.08. The van der Waals surface area contributed by atoms with Crippen LogP contribution >= 0.6 is 0 Å². The first-order valence-electron chi connectivity index (χ1n) is 7.70. The fourth-order valence-electron chi connectivity index (χ4n) is 2.88. The molecule has 5 heteroatoms. The van der Waals surface area contributed by atoms with E-state index in [9.17, 15) is 0 Å². The quantitative estimate of drug-likeness (QED) is 0.904. The number of rotatable bonds is 5. The van der Waals surface area contributed by atoms with Gasteiger partial charge in [0.1, 0.15) is 5.65 Å². The van der Waals surface area contributed by atoms with Gasteiger partial charge in [0.05, 0.1) is 24.6 Å². The molecule has 2 aromatic rings. The van der Waals surface area contributed by atoms with E-state index in [-0.39, 0.29) is 0 Å². The Morgan fingerprint density at radius 3 is 2.95 bits per heavy atom. The van der Waals surface area contributed by atoms with Crippen LogP contribution < -0.4 is 5.32 Å². The Bertz CT molecular complexity index is 589. The molecule has 0 radical (unpaired) electrons. The predicted molar refractivity (Wildman–Crippen MR) is 83.5 cm³/mol. The summed E-state index contributed by atoms with van der Waals surface area (Å²) in [4.78, 5) is 7.06. The fourth-order valence-corrected chi connectivity index (χ4v) is 2.88. The highest BCUT2D eigenvalue weighted by molar-refractivity contribution is 5.42. The Morgan fingerprint density at radius 1 is 1.33 bits per heavy atom. The minimum Gasteiger partial charge on any atom is -0.379 e. The van der Waals surface area contributed by atoms with Crippen LogP contribution in [0, 0.1) is 6.92 Å². The van der Waals surface area contributed by atoms with Crippen molar-refractivity contribution >= 4 is 5.65 Å². The van der Waals surface area contributed by atoms with Crippen LogP contribution in [0.1, 0.15) is 18.3 Å². The summed E-state index contributed by atoms with van der Waals surface area (Å²) in [6, 6.07) is 6.58. The van der Waals surface area contributed by atoms with Crippen LogP contribution in [0.2, 0.25) is 0 Å². The number of aryl methyl sites for hydroxylation is 1. The highest BCUT2D eigenvalue weighted by Crippen LogP contribution is 2.11. The van der Waals surface area contributed by atoms with Crippen molar-refractivity contribution in [3.05, 3.63) is 35.8 Å². The lowest BCUT2D eigenvalue weighted by atomic mass is 10.2. The molecule has 1 N–H and O–H groups in total. The number of hydrogen-bond acceptors (Lipinski definition) is 4. The molecule has 114 valence electrons. The zero-order chi connectivity index (χ0) is 14.7.